The molecule has 1 aliphatic carbocycles. The summed E-state index contributed by atoms with van der Waals surface area (Å²) < 4.78 is 12.6. The first-order chi connectivity index (χ1) is 16.5. The fourth-order valence-electron chi connectivity index (χ4n) is 4.98. The Labute approximate surface area is 211 Å². The molecule has 2 N–H and O–H groups in total. The maximum absolute atomic E-state index is 11.9. The average Bonchev–Trinajstić information content (AvgIpc) is 3.33. The standard InChI is InChI=1S/C27H23BrClNO4/c1-33-22-13-16(12-20(28)26(22)34-14-15-6-3-2-4-7-15)24-18-9-5-8-17(18)23-19(27(31)32)10-11-21(29)25(23)30-24/h2-8,10-13,17-18,24,30H,9,14H2,1H3,(H,31,32)/t17-,18-,24+/m1/s1. The van der Waals surface area contributed by atoms with E-state index in [9.17, 15) is 9.90 Å². The van der Waals surface area contributed by atoms with Gasteiger partial charge >= 0.3 is 5.97 Å². The maximum Gasteiger partial charge on any atom is 0.336 e. The van der Waals surface area contributed by atoms with E-state index in [0.29, 0.717) is 28.8 Å². The number of allylic oxidation sites excluding steroid dienone is 2. The number of carboxylic acids is 1. The SMILES string of the molecule is COc1cc([C@@H]2Nc3c(Cl)ccc(C(=O)O)c3[C@@H]3C=CC[C@H]32)cc(Br)c1OCc1ccccc1. The van der Waals surface area contributed by atoms with Crippen LogP contribution in [0.3, 0.4) is 0 Å². The van der Waals surface area contributed by atoms with Crippen LogP contribution in [-0.4, -0.2) is 18.2 Å². The van der Waals surface area contributed by atoms with Gasteiger partial charge < -0.3 is 19.9 Å². The third kappa shape index (κ3) is 4.05. The molecule has 1 heterocycles. The quantitative estimate of drug-likeness (QED) is 0.323. The number of anilines is 1. The van der Waals surface area contributed by atoms with E-state index in [4.69, 9.17) is 21.1 Å². The number of nitrogens with one attached hydrogen (secondary N) is 1. The number of rotatable bonds is 6. The van der Waals surface area contributed by atoms with E-state index in [-0.39, 0.29) is 23.4 Å². The van der Waals surface area contributed by atoms with Crippen LogP contribution in [0.4, 0.5) is 5.69 Å². The van der Waals surface area contributed by atoms with Gasteiger partial charge in [-0.1, -0.05) is 54.1 Å². The number of benzene rings is 3. The summed E-state index contributed by atoms with van der Waals surface area (Å²) in [5, 5.41) is 13.8. The Kier molecular flexibility index (Phi) is 6.28. The lowest BCUT2D eigenvalue weighted by Gasteiger charge is -2.38. The molecule has 0 unspecified atom stereocenters. The van der Waals surface area contributed by atoms with Gasteiger partial charge in [-0.25, -0.2) is 4.79 Å². The third-order valence-corrected chi connectivity index (χ3v) is 7.44. The number of carbonyl (C=O) groups is 1. The zero-order valence-corrected chi connectivity index (χ0v) is 20.8. The fourth-order valence-corrected chi connectivity index (χ4v) is 5.77. The summed E-state index contributed by atoms with van der Waals surface area (Å²) >= 11 is 10.2. The summed E-state index contributed by atoms with van der Waals surface area (Å²) in [6, 6.07) is 17.1. The monoisotopic (exact) mass is 539 g/mol. The topological polar surface area (TPSA) is 67.8 Å². The van der Waals surface area contributed by atoms with Crippen molar-refractivity contribution in [3.05, 3.63) is 98.5 Å². The van der Waals surface area contributed by atoms with Crippen LogP contribution in [-0.2, 0) is 6.61 Å². The minimum atomic E-state index is -0.948. The van der Waals surface area contributed by atoms with E-state index in [1.54, 1.807) is 19.2 Å². The van der Waals surface area contributed by atoms with Gasteiger partial charge in [0.15, 0.2) is 11.5 Å². The van der Waals surface area contributed by atoms with Crippen LogP contribution in [0.5, 0.6) is 11.5 Å². The lowest BCUT2D eigenvalue weighted by atomic mass is 9.75. The molecule has 34 heavy (non-hydrogen) atoms. The Morgan fingerprint density at radius 1 is 1.21 bits per heavy atom. The molecule has 0 fully saturated rings. The second-order valence-corrected chi connectivity index (χ2v) is 9.73. The van der Waals surface area contributed by atoms with E-state index in [1.807, 2.05) is 42.5 Å². The molecule has 0 amide bonds. The molecule has 0 spiro atoms. The highest BCUT2D eigenvalue weighted by Crippen LogP contribution is 2.53. The average molecular weight is 541 g/mol. The molecular weight excluding hydrogens is 518 g/mol. The predicted molar refractivity (Wildman–Crippen MR) is 136 cm³/mol. The van der Waals surface area contributed by atoms with E-state index >= 15 is 0 Å². The van der Waals surface area contributed by atoms with Gasteiger partial charge in [0.25, 0.3) is 0 Å². The molecule has 2 aliphatic rings. The van der Waals surface area contributed by atoms with Crippen LogP contribution in [0.1, 0.15) is 45.4 Å². The molecule has 5 rings (SSSR count). The highest BCUT2D eigenvalue weighted by atomic mass is 79.9. The number of methoxy groups -OCH3 is 1. The molecule has 0 bridgehead atoms. The zero-order chi connectivity index (χ0) is 23.8. The van der Waals surface area contributed by atoms with E-state index in [1.165, 1.54) is 0 Å². The maximum atomic E-state index is 11.9. The van der Waals surface area contributed by atoms with Crippen molar-refractivity contribution < 1.29 is 19.4 Å². The first kappa shape index (κ1) is 22.8. The molecule has 3 atom stereocenters. The minimum absolute atomic E-state index is 0.0372. The Bertz CT molecular complexity index is 1280. The molecule has 1 aliphatic heterocycles. The number of hydrogen-bond donors (Lipinski definition) is 2. The number of halogens is 2. The van der Waals surface area contributed by atoms with Crippen molar-refractivity contribution in [2.45, 2.75) is 25.0 Å². The summed E-state index contributed by atoms with van der Waals surface area (Å²) in [5.74, 6) is 0.428. The van der Waals surface area contributed by atoms with Gasteiger partial charge in [-0.2, -0.15) is 0 Å². The molecule has 0 radical (unpaired) electrons. The third-order valence-electron chi connectivity index (χ3n) is 6.54. The molecular formula is C27H23BrClNO4. The zero-order valence-electron chi connectivity index (χ0n) is 18.4. The van der Waals surface area contributed by atoms with Crippen LogP contribution in [0, 0.1) is 5.92 Å². The lowest BCUT2D eigenvalue weighted by Crippen LogP contribution is -2.30. The van der Waals surface area contributed by atoms with E-state index < -0.39 is 5.97 Å². The Morgan fingerprint density at radius 3 is 2.74 bits per heavy atom. The Hall–Kier alpha value is -2.96. The smallest absolute Gasteiger partial charge is 0.336 e. The van der Waals surface area contributed by atoms with Crippen molar-refractivity contribution in [2.75, 3.05) is 12.4 Å². The van der Waals surface area contributed by atoms with Crippen LogP contribution in [0.2, 0.25) is 5.02 Å². The summed E-state index contributed by atoms with van der Waals surface area (Å²) in [7, 11) is 1.63. The Morgan fingerprint density at radius 2 is 2.00 bits per heavy atom. The molecule has 5 nitrogen and oxygen atoms in total. The molecule has 7 heteroatoms. The fraction of sp³-hybridized carbons (Fsp3) is 0.222. The van der Waals surface area contributed by atoms with Crippen LogP contribution in [0.25, 0.3) is 0 Å². The van der Waals surface area contributed by atoms with Gasteiger partial charge in [0.1, 0.15) is 6.61 Å². The highest BCUT2D eigenvalue weighted by Gasteiger charge is 2.41. The van der Waals surface area contributed by atoms with Crippen molar-refractivity contribution in [1.29, 1.82) is 0 Å². The highest BCUT2D eigenvalue weighted by molar-refractivity contribution is 9.10. The molecule has 0 aromatic heterocycles. The van der Waals surface area contributed by atoms with Crippen molar-refractivity contribution in [1.82, 2.24) is 0 Å². The summed E-state index contributed by atoms with van der Waals surface area (Å²) in [6.45, 7) is 0.423. The van der Waals surface area contributed by atoms with E-state index in [0.717, 1.165) is 27.6 Å². The summed E-state index contributed by atoms with van der Waals surface area (Å²) in [5.41, 5.74) is 3.80. The van der Waals surface area contributed by atoms with Crippen molar-refractivity contribution >= 4 is 39.2 Å². The predicted octanol–water partition coefficient (Wildman–Crippen LogP) is 7.21. The second kappa shape index (κ2) is 9.35. The van der Waals surface area contributed by atoms with Gasteiger partial charge in [-0.05, 0) is 69.2 Å². The van der Waals surface area contributed by atoms with Crippen LogP contribution >= 0.6 is 27.5 Å². The first-order valence-electron chi connectivity index (χ1n) is 11.0. The lowest BCUT2D eigenvalue weighted by molar-refractivity contribution is 0.0695. The first-order valence-corrected chi connectivity index (χ1v) is 12.2. The van der Waals surface area contributed by atoms with Gasteiger partial charge in [0.2, 0.25) is 0 Å². The Balaban J connectivity index is 1.51. The number of hydrogen-bond acceptors (Lipinski definition) is 4. The second-order valence-electron chi connectivity index (χ2n) is 8.47. The number of carboxylic acid groups (broad SMARTS) is 1. The summed E-state index contributed by atoms with van der Waals surface area (Å²) in [4.78, 5) is 11.9. The molecule has 0 saturated heterocycles. The molecule has 174 valence electrons. The van der Waals surface area contributed by atoms with Crippen LogP contribution in [0.15, 0.2) is 71.2 Å². The van der Waals surface area contributed by atoms with Gasteiger partial charge in [0, 0.05) is 5.92 Å². The number of fused-ring (bicyclic) bond motifs is 3. The minimum Gasteiger partial charge on any atom is -0.493 e. The largest absolute Gasteiger partial charge is 0.493 e. The molecule has 3 aromatic carbocycles. The van der Waals surface area contributed by atoms with E-state index in [2.05, 4.69) is 33.4 Å². The molecule has 0 saturated carbocycles. The van der Waals surface area contributed by atoms with Crippen LogP contribution < -0.4 is 14.8 Å². The van der Waals surface area contributed by atoms with Crippen molar-refractivity contribution in [3.63, 3.8) is 0 Å². The number of aromatic carboxylic acids is 1. The normalized spacial score (nSPS) is 20.3. The van der Waals surface area contributed by atoms with Gasteiger partial charge in [0.05, 0.1) is 33.9 Å². The van der Waals surface area contributed by atoms with Crippen molar-refractivity contribution in [3.8, 4) is 11.5 Å². The van der Waals surface area contributed by atoms with Crippen molar-refractivity contribution in [2.24, 2.45) is 5.92 Å². The summed E-state index contributed by atoms with van der Waals surface area (Å²) in [6.07, 6.45) is 5.05. The van der Waals surface area contributed by atoms with Gasteiger partial charge in [-0.3, -0.25) is 0 Å². The molecule has 3 aromatic rings. The van der Waals surface area contributed by atoms with Gasteiger partial charge in [-0.15, -0.1) is 0 Å². The number of ether oxygens (including phenoxy) is 2.